The van der Waals surface area contributed by atoms with Crippen molar-refractivity contribution < 1.29 is 0 Å². The number of tetrazole rings is 1. The smallest absolute Gasteiger partial charge is 0.273 e. The molecule has 0 aliphatic carbocycles. The van der Waals surface area contributed by atoms with Gasteiger partial charge >= 0.3 is 0 Å². The molecule has 4 N–H and O–H groups in total. The summed E-state index contributed by atoms with van der Waals surface area (Å²) in [5.74, 6) is -0.208. The Morgan fingerprint density at radius 3 is 2.56 bits per heavy atom. The lowest BCUT2D eigenvalue weighted by Crippen LogP contribution is -1.89. The zero-order valence-corrected chi connectivity index (χ0v) is 4.64. The third kappa shape index (κ3) is 1.36. The zero-order chi connectivity index (χ0) is 5.98. The molecule has 0 saturated carbocycles. The summed E-state index contributed by atoms with van der Waals surface area (Å²) in [7, 11) is 0. The predicted octanol–water partition coefficient (Wildman–Crippen LogP) is -0.733. The van der Waals surface area contributed by atoms with E-state index < -0.39 is 0 Å². The highest BCUT2D eigenvalue weighted by atomic mass is 16.5. The van der Waals surface area contributed by atoms with Crippen LogP contribution in [-0.2, 0) is 0 Å². The molecule has 0 spiro atoms. The SMILES string of the molecule is N#Cc1nnn([O-])n1.[NH4+]. The van der Waals surface area contributed by atoms with Crippen molar-refractivity contribution in [3.05, 3.63) is 11.0 Å². The Hall–Kier alpha value is -1.68. The van der Waals surface area contributed by atoms with E-state index in [0.717, 1.165) is 0 Å². The van der Waals surface area contributed by atoms with Crippen LogP contribution in [-0.4, -0.2) is 20.4 Å². The van der Waals surface area contributed by atoms with Gasteiger partial charge in [0.15, 0.2) is 0 Å². The molecule has 9 heavy (non-hydrogen) atoms. The van der Waals surface area contributed by atoms with Gasteiger partial charge in [0, 0.05) is 0 Å². The highest BCUT2D eigenvalue weighted by molar-refractivity contribution is 5.03. The summed E-state index contributed by atoms with van der Waals surface area (Å²) in [5, 5.41) is 26.8. The minimum Gasteiger partial charge on any atom is -0.773 e. The molecule has 1 rings (SSSR count). The summed E-state index contributed by atoms with van der Waals surface area (Å²) in [6.45, 7) is 0. The van der Waals surface area contributed by atoms with Crippen LogP contribution in [0.2, 0.25) is 0 Å². The molecule has 1 heterocycles. The van der Waals surface area contributed by atoms with E-state index in [1.54, 1.807) is 6.07 Å². The van der Waals surface area contributed by atoms with Gasteiger partial charge < -0.3 is 11.4 Å². The van der Waals surface area contributed by atoms with E-state index in [-0.39, 0.29) is 16.9 Å². The second-order valence-corrected chi connectivity index (χ2v) is 0.978. The molecule has 0 unspecified atom stereocenters. The third-order valence-electron chi connectivity index (χ3n) is 0.496. The van der Waals surface area contributed by atoms with Gasteiger partial charge in [0.1, 0.15) is 6.07 Å². The first kappa shape index (κ1) is 7.32. The summed E-state index contributed by atoms with van der Waals surface area (Å²) < 4.78 is 0. The average Bonchev–Trinajstić information content (AvgIpc) is 2.14. The summed E-state index contributed by atoms with van der Waals surface area (Å²) in [6, 6.07) is 1.54. The molecule has 0 saturated heterocycles. The van der Waals surface area contributed by atoms with Crippen molar-refractivity contribution in [2.45, 2.75) is 0 Å². The monoisotopic (exact) mass is 128 g/mol. The molecule has 7 nitrogen and oxygen atoms in total. The number of rotatable bonds is 0. The quantitative estimate of drug-likeness (QED) is 0.492. The van der Waals surface area contributed by atoms with Gasteiger partial charge in [-0.15, -0.1) is 5.10 Å². The van der Waals surface area contributed by atoms with Crippen molar-refractivity contribution in [3.8, 4) is 6.07 Å². The molecule has 1 aromatic heterocycles. The first-order valence-corrected chi connectivity index (χ1v) is 1.70. The van der Waals surface area contributed by atoms with Crippen LogP contribution in [0.3, 0.4) is 0 Å². The van der Waals surface area contributed by atoms with Gasteiger partial charge in [0.25, 0.3) is 5.82 Å². The van der Waals surface area contributed by atoms with Crippen molar-refractivity contribution in [3.63, 3.8) is 0 Å². The Morgan fingerprint density at radius 2 is 2.33 bits per heavy atom. The molecular weight excluding hydrogens is 124 g/mol. The average molecular weight is 128 g/mol. The van der Waals surface area contributed by atoms with Gasteiger partial charge in [-0.2, -0.15) is 10.2 Å². The first-order valence-electron chi connectivity index (χ1n) is 1.70. The number of hydrogen-bond donors (Lipinski definition) is 1. The summed E-state index contributed by atoms with van der Waals surface area (Å²) in [4.78, 5) is -0.0153. The predicted molar refractivity (Wildman–Crippen MR) is 27.3 cm³/mol. The molecule has 0 radical (unpaired) electrons. The third-order valence-corrected chi connectivity index (χ3v) is 0.496. The molecule has 0 bridgehead atoms. The largest absolute Gasteiger partial charge is 0.773 e. The van der Waals surface area contributed by atoms with E-state index in [2.05, 4.69) is 15.4 Å². The first-order chi connectivity index (χ1) is 3.83. The van der Waals surface area contributed by atoms with Gasteiger partial charge in [-0.1, -0.05) is 10.3 Å². The van der Waals surface area contributed by atoms with Crippen molar-refractivity contribution in [2.24, 2.45) is 0 Å². The normalized spacial score (nSPS) is 7.44. The second kappa shape index (κ2) is 2.58. The van der Waals surface area contributed by atoms with E-state index in [1.807, 2.05) is 0 Å². The standard InChI is InChI=1S/C2N5O.H3N/c3-1-2-4-6-7(8)5-2;/h;1H3/q-1;/p+1. The molecular formula is C2H4N6O. The number of nitrogens with zero attached hydrogens (tertiary/aromatic N) is 5. The topological polar surface area (TPSA) is 127 Å². The Labute approximate surface area is 50.1 Å². The van der Waals surface area contributed by atoms with Gasteiger partial charge in [-0.3, -0.25) is 0 Å². The Balaban J connectivity index is 0.000000640. The van der Waals surface area contributed by atoms with Gasteiger partial charge in [-0.05, 0) is 0 Å². The van der Waals surface area contributed by atoms with E-state index in [1.165, 1.54) is 0 Å². The molecule has 0 aliphatic rings. The molecule has 0 aliphatic heterocycles. The van der Waals surface area contributed by atoms with Crippen LogP contribution in [0.25, 0.3) is 0 Å². The van der Waals surface area contributed by atoms with Crippen molar-refractivity contribution >= 4 is 0 Å². The van der Waals surface area contributed by atoms with Gasteiger partial charge in [-0.25, -0.2) is 0 Å². The summed E-state index contributed by atoms with van der Waals surface area (Å²) in [5.41, 5.74) is 0. The van der Waals surface area contributed by atoms with Crippen molar-refractivity contribution in [1.29, 1.82) is 5.26 Å². The minimum atomic E-state index is -0.208. The van der Waals surface area contributed by atoms with Crippen LogP contribution in [0.5, 0.6) is 0 Å². The molecule has 1 aromatic rings. The van der Waals surface area contributed by atoms with Crippen LogP contribution in [0.15, 0.2) is 0 Å². The maximum atomic E-state index is 9.93. The highest BCUT2D eigenvalue weighted by Gasteiger charge is 1.90. The Bertz CT molecular complexity index is 221. The van der Waals surface area contributed by atoms with E-state index in [4.69, 9.17) is 5.26 Å². The van der Waals surface area contributed by atoms with E-state index in [9.17, 15) is 5.21 Å². The lowest BCUT2D eigenvalue weighted by Gasteiger charge is -1.91. The fraction of sp³-hybridized carbons (Fsp3) is 0. The molecule has 0 amide bonds. The minimum absolute atomic E-state index is 0. The summed E-state index contributed by atoms with van der Waals surface area (Å²) >= 11 is 0. The van der Waals surface area contributed by atoms with Crippen molar-refractivity contribution in [2.75, 3.05) is 0 Å². The molecule has 0 fully saturated rings. The lowest BCUT2D eigenvalue weighted by atomic mass is 10.7. The van der Waals surface area contributed by atoms with Crippen LogP contribution in [0.4, 0.5) is 0 Å². The van der Waals surface area contributed by atoms with Crippen LogP contribution >= 0.6 is 0 Å². The van der Waals surface area contributed by atoms with E-state index >= 15 is 0 Å². The number of hydrogen-bond acceptors (Lipinski definition) is 5. The highest BCUT2D eigenvalue weighted by Crippen LogP contribution is 1.76. The molecule has 48 valence electrons. The number of quaternary nitrogens is 1. The van der Waals surface area contributed by atoms with Gasteiger partial charge in [0.2, 0.25) is 0 Å². The number of aromatic nitrogens is 4. The molecule has 7 heteroatoms. The lowest BCUT2D eigenvalue weighted by molar-refractivity contribution is 0.722. The Morgan fingerprint density at radius 1 is 1.67 bits per heavy atom. The molecule has 0 aromatic carbocycles. The fourth-order valence-corrected chi connectivity index (χ4v) is 0.246. The molecule has 0 atom stereocenters. The maximum absolute atomic E-state index is 9.93. The van der Waals surface area contributed by atoms with Gasteiger partial charge in [0.05, 0.1) is 0 Å². The number of nitriles is 1. The fourth-order valence-electron chi connectivity index (χ4n) is 0.246. The summed E-state index contributed by atoms with van der Waals surface area (Å²) in [6.07, 6.45) is 0. The van der Waals surface area contributed by atoms with E-state index in [0.29, 0.717) is 0 Å². The van der Waals surface area contributed by atoms with Crippen LogP contribution in [0, 0.1) is 16.5 Å². The Kier molecular flexibility index (Phi) is 2.10. The maximum Gasteiger partial charge on any atom is 0.273 e. The van der Waals surface area contributed by atoms with Crippen LogP contribution < -0.4 is 6.15 Å². The zero-order valence-electron chi connectivity index (χ0n) is 4.64. The van der Waals surface area contributed by atoms with Crippen molar-refractivity contribution in [1.82, 2.24) is 26.5 Å². The second-order valence-electron chi connectivity index (χ2n) is 0.978. The van der Waals surface area contributed by atoms with Crippen LogP contribution in [0.1, 0.15) is 5.82 Å².